The van der Waals surface area contributed by atoms with Gasteiger partial charge in [-0.25, -0.2) is 14.2 Å². The van der Waals surface area contributed by atoms with Crippen LogP contribution in [-0.2, 0) is 13.0 Å². The fraction of sp³-hybridized carbons (Fsp3) is 0.400. The Morgan fingerprint density at radius 1 is 1.14 bits per heavy atom. The summed E-state index contributed by atoms with van der Waals surface area (Å²) >= 11 is 0. The quantitative estimate of drug-likeness (QED) is 0.456. The van der Waals surface area contributed by atoms with Crippen molar-refractivity contribution in [1.29, 1.82) is 0 Å². The lowest BCUT2D eigenvalue weighted by atomic mass is 10.1. The summed E-state index contributed by atoms with van der Waals surface area (Å²) in [4.78, 5) is 31.9. The lowest BCUT2D eigenvalue weighted by Crippen LogP contribution is -2.35. The van der Waals surface area contributed by atoms with E-state index in [0.717, 1.165) is 31.2 Å². The molecule has 0 atom stereocenters. The van der Waals surface area contributed by atoms with Crippen molar-refractivity contribution < 1.29 is 14.0 Å². The zero-order valence-corrected chi connectivity index (χ0v) is 16.7. The first-order valence-electron chi connectivity index (χ1n) is 9.60. The Morgan fingerprint density at radius 3 is 2.69 bits per heavy atom. The van der Waals surface area contributed by atoms with Crippen LogP contribution < -0.4 is 21.3 Å². The first-order chi connectivity index (χ1) is 14.0. The van der Waals surface area contributed by atoms with Crippen molar-refractivity contribution >= 4 is 17.8 Å². The number of halogens is 1. The number of hydrogen-bond donors (Lipinski definition) is 4. The molecule has 0 aliphatic rings. The number of urea groups is 1. The van der Waals surface area contributed by atoms with E-state index < -0.39 is 5.82 Å². The number of unbranched alkanes of at least 4 members (excludes halogenated alkanes) is 1. The summed E-state index contributed by atoms with van der Waals surface area (Å²) in [6.45, 7) is 3.35. The van der Waals surface area contributed by atoms with Gasteiger partial charge in [-0.05, 0) is 49.9 Å². The van der Waals surface area contributed by atoms with Gasteiger partial charge in [-0.2, -0.15) is 0 Å². The van der Waals surface area contributed by atoms with E-state index in [2.05, 4.69) is 31.2 Å². The van der Waals surface area contributed by atoms with E-state index in [1.54, 1.807) is 13.1 Å². The van der Waals surface area contributed by atoms with Crippen molar-refractivity contribution in [1.82, 2.24) is 25.9 Å². The molecule has 2 aromatic heterocycles. The standard InChI is InChI=1S/C20H27FN6O2/c1-3-24-18-17(19(28)22-2)8-7-16(27-18)6-4-5-9-25-20(29)26-12-14-10-15(21)13-23-11-14/h7-8,10-11,13H,3-6,9,12H2,1-2H3,(H,22,28)(H,24,27)(H2,25,26,29). The van der Waals surface area contributed by atoms with Gasteiger partial charge in [0.15, 0.2) is 0 Å². The summed E-state index contributed by atoms with van der Waals surface area (Å²) in [5.74, 6) is -0.0307. The second kappa shape index (κ2) is 11.6. The Kier molecular flexibility index (Phi) is 8.81. The van der Waals surface area contributed by atoms with Crippen molar-refractivity contribution in [3.8, 4) is 0 Å². The van der Waals surface area contributed by atoms with Crippen LogP contribution in [0.15, 0.2) is 30.6 Å². The van der Waals surface area contributed by atoms with Crippen LogP contribution in [-0.4, -0.2) is 42.0 Å². The predicted octanol–water partition coefficient (Wildman–Crippen LogP) is 2.23. The maximum atomic E-state index is 13.0. The molecular weight excluding hydrogens is 375 g/mol. The monoisotopic (exact) mass is 402 g/mol. The van der Waals surface area contributed by atoms with Gasteiger partial charge >= 0.3 is 6.03 Å². The number of aromatic nitrogens is 2. The Balaban J connectivity index is 1.71. The van der Waals surface area contributed by atoms with Crippen LogP contribution in [0, 0.1) is 5.82 Å². The normalized spacial score (nSPS) is 10.3. The zero-order chi connectivity index (χ0) is 21.1. The number of pyridine rings is 2. The van der Waals surface area contributed by atoms with Gasteiger partial charge in [0.2, 0.25) is 0 Å². The van der Waals surface area contributed by atoms with Crippen molar-refractivity contribution in [2.75, 3.05) is 25.5 Å². The molecule has 0 aliphatic carbocycles. The lowest BCUT2D eigenvalue weighted by molar-refractivity contribution is 0.0963. The van der Waals surface area contributed by atoms with E-state index in [-0.39, 0.29) is 18.5 Å². The maximum absolute atomic E-state index is 13.0. The molecule has 0 fully saturated rings. The molecule has 0 bridgehead atoms. The maximum Gasteiger partial charge on any atom is 0.315 e. The highest BCUT2D eigenvalue weighted by Crippen LogP contribution is 2.15. The van der Waals surface area contributed by atoms with E-state index in [0.29, 0.717) is 30.0 Å². The van der Waals surface area contributed by atoms with E-state index in [1.807, 2.05) is 13.0 Å². The minimum Gasteiger partial charge on any atom is -0.370 e. The first-order valence-corrected chi connectivity index (χ1v) is 9.60. The van der Waals surface area contributed by atoms with Gasteiger partial charge in [0, 0.05) is 38.6 Å². The van der Waals surface area contributed by atoms with Crippen molar-refractivity contribution in [3.05, 3.63) is 53.2 Å². The van der Waals surface area contributed by atoms with Gasteiger partial charge in [-0.1, -0.05) is 0 Å². The average molecular weight is 402 g/mol. The molecule has 0 saturated heterocycles. The number of anilines is 1. The highest BCUT2D eigenvalue weighted by molar-refractivity contribution is 5.98. The van der Waals surface area contributed by atoms with Gasteiger partial charge in [0.1, 0.15) is 11.6 Å². The number of rotatable bonds is 10. The summed E-state index contributed by atoms with van der Waals surface area (Å²) in [6, 6.07) is 4.64. The fourth-order valence-corrected chi connectivity index (χ4v) is 2.69. The van der Waals surface area contributed by atoms with E-state index in [1.165, 1.54) is 12.3 Å². The molecule has 0 spiro atoms. The first kappa shape index (κ1) is 22.1. The smallest absolute Gasteiger partial charge is 0.315 e. The molecule has 0 aliphatic heterocycles. The minimum absolute atomic E-state index is 0.177. The molecule has 156 valence electrons. The average Bonchev–Trinajstić information content (AvgIpc) is 2.72. The summed E-state index contributed by atoms with van der Waals surface area (Å²) in [7, 11) is 1.59. The highest BCUT2D eigenvalue weighted by Gasteiger charge is 2.11. The Morgan fingerprint density at radius 2 is 1.97 bits per heavy atom. The summed E-state index contributed by atoms with van der Waals surface area (Å²) in [5, 5.41) is 11.2. The number of carbonyl (C=O) groups is 2. The topological polar surface area (TPSA) is 108 Å². The predicted molar refractivity (Wildman–Crippen MR) is 109 cm³/mol. The largest absolute Gasteiger partial charge is 0.370 e. The van der Waals surface area contributed by atoms with E-state index in [9.17, 15) is 14.0 Å². The third-order valence-corrected chi connectivity index (χ3v) is 4.13. The van der Waals surface area contributed by atoms with Crippen LogP contribution in [0.4, 0.5) is 15.0 Å². The molecule has 4 N–H and O–H groups in total. The Bertz CT molecular complexity index is 830. The van der Waals surface area contributed by atoms with Crippen LogP contribution in [0.3, 0.4) is 0 Å². The number of carbonyl (C=O) groups excluding carboxylic acids is 2. The van der Waals surface area contributed by atoms with E-state index >= 15 is 0 Å². The molecule has 0 aromatic carbocycles. The lowest BCUT2D eigenvalue weighted by Gasteiger charge is -2.11. The number of nitrogens with one attached hydrogen (secondary N) is 4. The Hall–Kier alpha value is -3.23. The summed E-state index contributed by atoms with van der Waals surface area (Å²) < 4.78 is 13.0. The molecular formula is C20H27FN6O2. The number of nitrogens with zero attached hydrogens (tertiary/aromatic N) is 2. The second-order valence-corrected chi connectivity index (χ2v) is 6.39. The van der Waals surface area contributed by atoms with Crippen LogP contribution in [0.2, 0.25) is 0 Å². The van der Waals surface area contributed by atoms with Crippen molar-refractivity contribution in [2.45, 2.75) is 32.7 Å². The van der Waals surface area contributed by atoms with Crippen LogP contribution in [0.5, 0.6) is 0 Å². The van der Waals surface area contributed by atoms with Crippen molar-refractivity contribution in [2.24, 2.45) is 0 Å². The summed E-state index contributed by atoms with van der Waals surface area (Å²) in [5.41, 5.74) is 2.00. The molecule has 3 amide bonds. The van der Waals surface area contributed by atoms with Gasteiger partial charge in [0.05, 0.1) is 11.8 Å². The van der Waals surface area contributed by atoms with Gasteiger partial charge in [0.25, 0.3) is 5.91 Å². The van der Waals surface area contributed by atoms with Gasteiger partial charge in [-0.3, -0.25) is 9.78 Å². The SMILES string of the molecule is CCNc1nc(CCCCNC(=O)NCc2cncc(F)c2)ccc1C(=O)NC. The molecule has 0 saturated carbocycles. The highest BCUT2D eigenvalue weighted by atomic mass is 19.1. The molecule has 0 unspecified atom stereocenters. The van der Waals surface area contributed by atoms with Crippen LogP contribution in [0.1, 0.15) is 41.4 Å². The molecule has 8 nitrogen and oxygen atoms in total. The Labute approximate surface area is 169 Å². The van der Waals surface area contributed by atoms with Crippen LogP contribution in [0.25, 0.3) is 0 Å². The molecule has 9 heteroatoms. The van der Waals surface area contributed by atoms with Crippen molar-refractivity contribution in [3.63, 3.8) is 0 Å². The third kappa shape index (κ3) is 7.36. The molecule has 2 heterocycles. The minimum atomic E-state index is -0.432. The number of aryl methyl sites for hydroxylation is 1. The summed E-state index contributed by atoms with van der Waals surface area (Å²) in [6.07, 6.45) is 4.99. The number of hydrogen-bond acceptors (Lipinski definition) is 5. The van der Waals surface area contributed by atoms with E-state index in [4.69, 9.17) is 0 Å². The van der Waals surface area contributed by atoms with Gasteiger partial charge < -0.3 is 21.3 Å². The fourth-order valence-electron chi connectivity index (χ4n) is 2.69. The zero-order valence-electron chi connectivity index (χ0n) is 16.7. The molecule has 29 heavy (non-hydrogen) atoms. The number of amides is 3. The van der Waals surface area contributed by atoms with Crippen LogP contribution >= 0.6 is 0 Å². The molecule has 2 rings (SSSR count). The van der Waals surface area contributed by atoms with Gasteiger partial charge in [-0.15, -0.1) is 0 Å². The second-order valence-electron chi connectivity index (χ2n) is 6.39. The molecule has 2 aromatic rings. The third-order valence-electron chi connectivity index (χ3n) is 4.13. The molecule has 0 radical (unpaired) electrons.